The van der Waals surface area contributed by atoms with Gasteiger partial charge in [-0.25, -0.2) is 0 Å². The van der Waals surface area contributed by atoms with Crippen molar-refractivity contribution in [3.8, 4) is 0 Å². The van der Waals surface area contributed by atoms with E-state index in [1.54, 1.807) is 0 Å². The number of anilines is 1. The van der Waals surface area contributed by atoms with E-state index in [4.69, 9.17) is 11.6 Å². The molecule has 1 N–H and O–H groups in total. The summed E-state index contributed by atoms with van der Waals surface area (Å²) in [5.74, 6) is -0.569. The van der Waals surface area contributed by atoms with Gasteiger partial charge < -0.3 is 5.32 Å². The average Bonchev–Trinajstić information content (AvgIpc) is 2.83. The van der Waals surface area contributed by atoms with Crippen LogP contribution in [0.3, 0.4) is 0 Å². The number of nitrogens with zero attached hydrogens (tertiary/aromatic N) is 2. The van der Waals surface area contributed by atoms with Gasteiger partial charge in [-0.05, 0) is 12.8 Å². The molecule has 1 aromatic rings. The Morgan fingerprint density at radius 2 is 2.12 bits per heavy atom. The van der Waals surface area contributed by atoms with Crippen LogP contribution in [0.4, 0.5) is 18.3 Å². The number of halogens is 4. The van der Waals surface area contributed by atoms with Crippen LogP contribution in [-0.2, 0) is 6.18 Å². The van der Waals surface area contributed by atoms with Crippen molar-refractivity contribution in [3.63, 3.8) is 0 Å². The highest BCUT2D eigenvalue weighted by Crippen LogP contribution is 2.46. The first-order chi connectivity index (χ1) is 7.45. The van der Waals surface area contributed by atoms with Crippen molar-refractivity contribution in [3.05, 3.63) is 5.82 Å². The van der Waals surface area contributed by atoms with Crippen LogP contribution in [0.1, 0.15) is 18.7 Å². The van der Waals surface area contributed by atoms with Crippen LogP contribution in [0.25, 0.3) is 0 Å². The fourth-order valence-corrected chi connectivity index (χ4v) is 2.15. The molecule has 0 atom stereocenters. The van der Waals surface area contributed by atoms with Gasteiger partial charge in [0.2, 0.25) is 11.0 Å². The number of alkyl halides is 4. The quantitative estimate of drug-likeness (QED) is 0.856. The lowest BCUT2D eigenvalue weighted by Gasteiger charge is -2.10. The first-order valence-corrected chi connectivity index (χ1v) is 5.97. The Hall–Kier alpha value is -0.560. The molecule has 0 amide bonds. The Balaban J connectivity index is 1.93. The molecule has 1 heterocycles. The molecule has 0 spiro atoms. The van der Waals surface area contributed by atoms with Crippen LogP contribution in [-0.4, -0.2) is 21.8 Å². The maximum atomic E-state index is 12.2. The van der Waals surface area contributed by atoms with Crippen LogP contribution in [0.2, 0.25) is 0 Å². The molecule has 0 bridgehead atoms. The highest BCUT2D eigenvalue weighted by Gasteiger charge is 2.42. The van der Waals surface area contributed by atoms with Gasteiger partial charge in [-0.3, -0.25) is 0 Å². The van der Waals surface area contributed by atoms with Gasteiger partial charge in [-0.2, -0.15) is 22.5 Å². The third-order valence-electron chi connectivity index (χ3n) is 2.53. The van der Waals surface area contributed by atoms with Crippen molar-refractivity contribution < 1.29 is 13.2 Å². The van der Waals surface area contributed by atoms with Crippen molar-refractivity contribution in [2.45, 2.75) is 19.0 Å². The van der Waals surface area contributed by atoms with Gasteiger partial charge in [-0.1, -0.05) is 0 Å². The standard InChI is InChI=1S/C8H9ClF3N3S/c9-3-7(1-2-7)4-13-6-14-5(15-16-6)8(10,11)12/h1-4H2,(H,13,14,15). The second-order valence-electron chi connectivity index (χ2n) is 3.91. The molecule has 0 radical (unpaired) electrons. The molecule has 0 aromatic carbocycles. The monoisotopic (exact) mass is 271 g/mol. The van der Waals surface area contributed by atoms with E-state index in [0.29, 0.717) is 12.4 Å². The lowest BCUT2D eigenvalue weighted by Crippen LogP contribution is -2.17. The molecule has 1 aliphatic carbocycles. The highest BCUT2D eigenvalue weighted by molar-refractivity contribution is 7.09. The molecule has 0 saturated heterocycles. The first-order valence-electron chi connectivity index (χ1n) is 4.66. The van der Waals surface area contributed by atoms with Crippen molar-refractivity contribution in [1.82, 2.24) is 9.36 Å². The van der Waals surface area contributed by atoms with E-state index in [9.17, 15) is 13.2 Å². The van der Waals surface area contributed by atoms with Crippen LogP contribution >= 0.6 is 23.1 Å². The Labute approximate surface area is 99.2 Å². The summed E-state index contributed by atoms with van der Waals surface area (Å²) < 4.78 is 39.8. The van der Waals surface area contributed by atoms with Gasteiger partial charge in [0.1, 0.15) is 0 Å². The van der Waals surface area contributed by atoms with Crippen molar-refractivity contribution >= 4 is 28.3 Å². The fraction of sp³-hybridized carbons (Fsp3) is 0.750. The van der Waals surface area contributed by atoms with Gasteiger partial charge in [0.05, 0.1) is 0 Å². The predicted molar refractivity (Wildman–Crippen MR) is 55.8 cm³/mol. The number of nitrogens with one attached hydrogen (secondary N) is 1. The molecule has 1 aromatic heterocycles. The number of rotatable bonds is 4. The molecule has 8 heteroatoms. The zero-order valence-electron chi connectivity index (χ0n) is 8.14. The van der Waals surface area contributed by atoms with Gasteiger partial charge in [0.25, 0.3) is 0 Å². The minimum atomic E-state index is -4.47. The molecule has 90 valence electrons. The van der Waals surface area contributed by atoms with E-state index in [0.717, 1.165) is 24.4 Å². The largest absolute Gasteiger partial charge is 0.452 e. The molecule has 1 fully saturated rings. The van der Waals surface area contributed by atoms with Gasteiger partial charge in [0, 0.05) is 29.4 Å². The molecule has 2 rings (SSSR count). The lowest BCUT2D eigenvalue weighted by atomic mass is 10.1. The van der Waals surface area contributed by atoms with Crippen molar-refractivity contribution in [2.24, 2.45) is 5.41 Å². The van der Waals surface area contributed by atoms with E-state index in [-0.39, 0.29) is 10.5 Å². The van der Waals surface area contributed by atoms with E-state index < -0.39 is 12.0 Å². The number of hydrogen-bond donors (Lipinski definition) is 1. The molecule has 1 aliphatic rings. The van der Waals surface area contributed by atoms with Crippen LogP contribution < -0.4 is 5.32 Å². The molecule has 16 heavy (non-hydrogen) atoms. The molecule has 0 aliphatic heterocycles. The highest BCUT2D eigenvalue weighted by atomic mass is 35.5. The summed E-state index contributed by atoms with van der Waals surface area (Å²) in [6.07, 6.45) is -2.46. The van der Waals surface area contributed by atoms with Crippen LogP contribution in [0.5, 0.6) is 0 Å². The summed E-state index contributed by atoms with van der Waals surface area (Å²) in [7, 11) is 0. The first kappa shape index (κ1) is 11.9. The van der Waals surface area contributed by atoms with Gasteiger partial charge >= 0.3 is 6.18 Å². The normalized spacial score (nSPS) is 18.5. The van der Waals surface area contributed by atoms with E-state index in [1.165, 1.54) is 0 Å². The van der Waals surface area contributed by atoms with Crippen LogP contribution in [0.15, 0.2) is 0 Å². The van der Waals surface area contributed by atoms with Gasteiger partial charge in [0.15, 0.2) is 0 Å². The molecule has 0 unspecified atom stereocenters. The van der Waals surface area contributed by atoms with Gasteiger partial charge in [-0.15, -0.1) is 11.6 Å². The molecule has 1 saturated carbocycles. The summed E-state index contributed by atoms with van der Waals surface area (Å²) in [4.78, 5) is 3.37. The Morgan fingerprint density at radius 1 is 1.44 bits per heavy atom. The summed E-state index contributed by atoms with van der Waals surface area (Å²) in [5.41, 5.74) is 0.0472. The zero-order chi connectivity index (χ0) is 11.8. The summed E-state index contributed by atoms with van der Waals surface area (Å²) in [5, 5.41) is 3.05. The van der Waals surface area contributed by atoms with Crippen molar-refractivity contribution in [2.75, 3.05) is 17.7 Å². The summed E-state index contributed by atoms with van der Waals surface area (Å²) in [6, 6.07) is 0. The maximum absolute atomic E-state index is 12.2. The van der Waals surface area contributed by atoms with Crippen molar-refractivity contribution in [1.29, 1.82) is 0 Å². The SMILES string of the molecule is FC(F)(F)c1nsc(NCC2(CCl)CC2)n1. The third kappa shape index (κ3) is 2.57. The second kappa shape index (κ2) is 4.03. The minimum Gasteiger partial charge on any atom is -0.360 e. The summed E-state index contributed by atoms with van der Waals surface area (Å²) >= 11 is 6.47. The molecular formula is C8H9ClF3N3S. The molecular weight excluding hydrogens is 263 g/mol. The number of hydrogen-bond acceptors (Lipinski definition) is 4. The van der Waals surface area contributed by atoms with E-state index in [2.05, 4.69) is 14.7 Å². The lowest BCUT2D eigenvalue weighted by molar-refractivity contribution is -0.144. The minimum absolute atomic E-state index is 0.0472. The van der Waals surface area contributed by atoms with E-state index in [1.807, 2.05) is 0 Å². The maximum Gasteiger partial charge on any atom is 0.452 e. The average molecular weight is 272 g/mol. The summed E-state index contributed by atoms with van der Waals surface area (Å²) in [6.45, 7) is 0.559. The third-order valence-corrected chi connectivity index (χ3v) is 3.77. The predicted octanol–water partition coefficient (Wildman–Crippen LogP) is 2.99. The van der Waals surface area contributed by atoms with Crippen LogP contribution in [0, 0.1) is 5.41 Å². The molecule has 3 nitrogen and oxygen atoms in total. The Morgan fingerprint density at radius 3 is 2.56 bits per heavy atom. The Kier molecular flexibility index (Phi) is 3.00. The van der Waals surface area contributed by atoms with E-state index >= 15 is 0 Å². The second-order valence-corrected chi connectivity index (χ2v) is 4.93. The smallest absolute Gasteiger partial charge is 0.360 e. The topological polar surface area (TPSA) is 37.8 Å². The fourth-order valence-electron chi connectivity index (χ4n) is 1.21. The number of aromatic nitrogens is 2. The zero-order valence-corrected chi connectivity index (χ0v) is 9.72. The Bertz CT molecular complexity index is 375.